The van der Waals surface area contributed by atoms with E-state index < -0.39 is 0 Å². The standard InChI is InChI=1S/C15H21N3O/c1-10(2)14(6-8-19)18-15-4-3-13(16)11-5-7-17-9-12(11)15/h3-5,7,9-10,14,18-19H,6,8,16H2,1-2H3. The lowest BCUT2D eigenvalue weighted by Gasteiger charge is -2.23. The van der Waals surface area contributed by atoms with Crippen LogP contribution in [0.15, 0.2) is 30.6 Å². The fourth-order valence-electron chi connectivity index (χ4n) is 2.25. The minimum Gasteiger partial charge on any atom is -0.398 e. The average Bonchev–Trinajstić information content (AvgIpc) is 2.41. The quantitative estimate of drug-likeness (QED) is 0.722. The van der Waals surface area contributed by atoms with Crippen molar-refractivity contribution in [3.63, 3.8) is 0 Å². The second kappa shape index (κ2) is 5.89. The summed E-state index contributed by atoms with van der Waals surface area (Å²) in [7, 11) is 0. The van der Waals surface area contributed by atoms with Gasteiger partial charge in [0.15, 0.2) is 0 Å². The van der Waals surface area contributed by atoms with Crippen LogP contribution in [-0.4, -0.2) is 22.7 Å². The van der Waals surface area contributed by atoms with Gasteiger partial charge in [0.05, 0.1) is 0 Å². The van der Waals surface area contributed by atoms with E-state index in [1.807, 2.05) is 24.4 Å². The third-order valence-electron chi connectivity index (χ3n) is 3.44. The maximum atomic E-state index is 9.15. The van der Waals surface area contributed by atoms with Crippen LogP contribution in [0.2, 0.25) is 0 Å². The molecule has 102 valence electrons. The minimum absolute atomic E-state index is 0.182. The molecule has 0 amide bonds. The SMILES string of the molecule is CC(C)C(CCO)Nc1ccc(N)c2ccncc12. The average molecular weight is 259 g/mol. The summed E-state index contributed by atoms with van der Waals surface area (Å²) in [4.78, 5) is 4.17. The number of fused-ring (bicyclic) bond motifs is 1. The summed E-state index contributed by atoms with van der Waals surface area (Å²) in [6, 6.07) is 6.04. The molecule has 0 aliphatic heterocycles. The number of aliphatic hydroxyl groups excluding tert-OH is 1. The highest BCUT2D eigenvalue weighted by molar-refractivity contribution is 6.00. The Morgan fingerprint density at radius 1 is 1.26 bits per heavy atom. The Balaban J connectivity index is 2.37. The van der Waals surface area contributed by atoms with Gasteiger partial charge in [0.2, 0.25) is 0 Å². The zero-order chi connectivity index (χ0) is 13.8. The van der Waals surface area contributed by atoms with Crippen molar-refractivity contribution in [2.24, 2.45) is 5.92 Å². The lowest BCUT2D eigenvalue weighted by atomic mass is 10.00. The Morgan fingerprint density at radius 3 is 2.74 bits per heavy atom. The van der Waals surface area contributed by atoms with Crippen molar-refractivity contribution >= 4 is 22.1 Å². The van der Waals surface area contributed by atoms with Gasteiger partial charge in [0.25, 0.3) is 0 Å². The molecule has 0 aliphatic carbocycles. The molecule has 0 spiro atoms. The van der Waals surface area contributed by atoms with Crippen LogP contribution >= 0.6 is 0 Å². The number of nitrogens with zero attached hydrogens (tertiary/aromatic N) is 1. The summed E-state index contributed by atoms with van der Waals surface area (Å²) in [5.74, 6) is 0.441. The number of hydrogen-bond acceptors (Lipinski definition) is 4. The molecule has 0 radical (unpaired) electrons. The molecule has 0 saturated carbocycles. The van der Waals surface area contributed by atoms with Gasteiger partial charge in [-0.3, -0.25) is 4.98 Å². The van der Waals surface area contributed by atoms with Crippen molar-refractivity contribution in [2.45, 2.75) is 26.3 Å². The highest BCUT2D eigenvalue weighted by Crippen LogP contribution is 2.28. The molecule has 1 unspecified atom stereocenters. The normalized spacial score (nSPS) is 12.8. The van der Waals surface area contributed by atoms with Crippen molar-refractivity contribution in [1.29, 1.82) is 0 Å². The second-order valence-corrected chi connectivity index (χ2v) is 5.13. The summed E-state index contributed by atoms with van der Waals surface area (Å²) < 4.78 is 0. The molecule has 1 atom stereocenters. The molecule has 4 N–H and O–H groups in total. The van der Waals surface area contributed by atoms with Gasteiger partial charge in [-0.1, -0.05) is 13.8 Å². The number of nitrogens with one attached hydrogen (secondary N) is 1. The van der Waals surface area contributed by atoms with Crippen LogP contribution in [0.1, 0.15) is 20.3 Å². The summed E-state index contributed by atoms with van der Waals surface area (Å²) in [5.41, 5.74) is 7.75. The molecular formula is C15H21N3O. The van der Waals surface area contributed by atoms with Crippen molar-refractivity contribution in [3.8, 4) is 0 Å². The summed E-state index contributed by atoms with van der Waals surface area (Å²) in [5, 5.41) is 14.7. The number of nitrogen functional groups attached to an aromatic ring is 1. The Labute approximate surface area is 113 Å². The summed E-state index contributed by atoms with van der Waals surface area (Å²) >= 11 is 0. The predicted octanol–water partition coefficient (Wildman–Crippen LogP) is 2.64. The predicted molar refractivity (Wildman–Crippen MR) is 80.1 cm³/mol. The van der Waals surface area contributed by atoms with Crippen LogP contribution in [0.25, 0.3) is 10.8 Å². The number of rotatable bonds is 5. The molecular weight excluding hydrogens is 238 g/mol. The molecule has 2 rings (SSSR count). The smallest absolute Gasteiger partial charge is 0.0450 e. The molecule has 4 heteroatoms. The van der Waals surface area contributed by atoms with Gasteiger partial charge in [-0.2, -0.15) is 0 Å². The van der Waals surface area contributed by atoms with Gasteiger partial charge in [-0.25, -0.2) is 0 Å². The largest absolute Gasteiger partial charge is 0.398 e. The maximum Gasteiger partial charge on any atom is 0.0450 e. The number of hydrogen-bond donors (Lipinski definition) is 3. The van der Waals surface area contributed by atoms with Crippen LogP contribution in [0, 0.1) is 5.92 Å². The molecule has 0 fully saturated rings. The first-order chi connectivity index (χ1) is 9.13. The van der Waals surface area contributed by atoms with Gasteiger partial charge in [0, 0.05) is 47.2 Å². The van der Waals surface area contributed by atoms with Crippen molar-refractivity contribution < 1.29 is 5.11 Å². The highest BCUT2D eigenvalue weighted by Gasteiger charge is 2.14. The monoisotopic (exact) mass is 259 g/mol. The number of anilines is 2. The first-order valence-electron chi connectivity index (χ1n) is 6.63. The molecule has 19 heavy (non-hydrogen) atoms. The van der Waals surface area contributed by atoms with Crippen LogP contribution in [0.4, 0.5) is 11.4 Å². The lowest BCUT2D eigenvalue weighted by molar-refractivity contribution is 0.267. The van der Waals surface area contributed by atoms with Crippen LogP contribution in [0.3, 0.4) is 0 Å². The lowest BCUT2D eigenvalue weighted by Crippen LogP contribution is -2.26. The van der Waals surface area contributed by atoms with Gasteiger partial charge in [-0.15, -0.1) is 0 Å². The molecule has 0 aliphatic rings. The Kier molecular flexibility index (Phi) is 4.22. The van der Waals surface area contributed by atoms with E-state index in [1.54, 1.807) is 6.20 Å². The van der Waals surface area contributed by atoms with Crippen molar-refractivity contribution in [2.75, 3.05) is 17.7 Å². The highest BCUT2D eigenvalue weighted by atomic mass is 16.3. The van der Waals surface area contributed by atoms with E-state index in [-0.39, 0.29) is 12.6 Å². The molecule has 1 heterocycles. The number of benzene rings is 1. The van der Waals surface area contributed by atoms with Crippen molar-refractivity contribution in [1.82, 2.24) is 4.98 Å². The van der Waals surface area contributed by atoms with E-state index in [9.17, 15) is 0 Å². The van der Waals surface area contributed by atoms with Crippen molar-refractivity contribution in [3.05, 3.63) is 30.6 Å². The van der Waals surface area contributed by atoms with Gasteiger partial charge >= 0.3 is 0 Å². The molecule has 2 aromatic rings. The van der Waals surface area contributed by atoms with Crippen LogP contribution in [0.5, 0.6) is 0 Å². The number of nitrogens with two attached hydrogens (primary N) is 1. The molecule has 1 aromatic heterocycles. The number of aromatic nitrogens is 1. The molecule has 0 saturated heterocycles. The van der Waals surface area contributed by atoms with E-state index in [0.29, 0.717) is 5.92 Å². The van der Waals surface area contributed by atoms with Crippen LogP contribution < -0.4 is 11.1 Å². The molecule has 0 bridgehead atoms. The third-order valence-corrected chi connectivity index (χ3v) is 3.44. The zero-order valence-corrected chi connectivity index (χ0v) is 11.4. The fourth-order valence-corrected chi connectivity index (χ4v) is 2.25. The van der Waals surface area contributed by atoms with Gasteiger partial charge in [-0.05, 0) is 30.5 Å². The Bertz CT molecular complexity index is 554. The second-order valence-electron chi connectivity index (χ2n) is 5.13. The maximum absolute atomic E-state index is 9.15. The van der Waals surface area contributed by atoms with E-state index >= 15 is 0 Å². The van der Waals surface area contributed by atoms with E-state index in [1.165, 1.54) is 0 Å². The number of pyridine rings is 1. The van der Waals surface area contributed by atoms with E-state index in [0.717, 1.165) is 28.6 Å². The third kappa shape index (κ3) is 2.96. The topological polar surface area (TPSA) is 71.2 Å². The summed E-state index contributed by atoms with van der Waals surface area (Å²) in [6.45, 7) is 4.47. The van der Waals surface area contributed by atoms with E-state index in [2.05, 4.69) is 24.1 Å². The first kappa shape index (κ1) is 13.6. The Morgan fingerprint density at radius 2 is 2.05 bits per heavy atom. The van der Waals surface area contributed by atoms with E-state index in [4.69, 9.17) is 10.8 Å². The molecule has 1 aromatic carbocycles. The van der Waals surface area contributed by atoms with Crippen LogP contribution in [-0.2, 0) is 0 Å². The zero-order valence-electron chi connectivity index (χ0n) is 11.4. The van der Waals surface area contributed by atoms with Gasteiger partial charge < -0.3 is 16.2 Å². The molecule has 4 nitrogen and oxygen atoms in total. The first-order valence-corrected chi connectivity index (χ1v) is 6.63. The fraction of sp³-hybridized carbons (Fsp3) is 0.400. The minimum atomic E-state index is 0.182. The Hall–Kier alpha value is -1.81. The number of aliphatic hydroxyl groups is 1. The summed E-state index contributed by atoms with van der Waals surface area (Å²) in [6.07, 6.45) is 4.30. The van der Waals surface area contributed by atoms with Gasteiger partial charge in [0.1, 0.15) is 0 Å².